The molecule has 0 saturated heterocycles. The van der Waals surface area contributed by atoms with E-state index in [0.29, 0.717) is 24.4 Å². The van der Waals surface area contributed by atoms with Crippen LogP contribution in [0.25, 0.3) is 0 Å². The first kappa shape index (κ1) is 15.1. The van der Waals surface area contributed by atoms with Crippen molar-refractivity contribution in [2.75, 3.05) is 6.54 Å². The van der Waals surface area contributed by atoms with Gasteiger partial charge in [0, 0.05) is 19.6 Å². The van der Waals surface area contributed by atoms with E-state index < -0.39 is 10.0 Å². The molecule has 1 heterocycles. The van der Waals surface area contributed by atoms with Gasteiger partial charge in [0.1, 0.15) is 4.90 Å². The molecule has 1 rings (SSSR count). The minimum Gasteiger partial charge on any atom is -0.328 e. The Balaban J connectivity index is 2.81. The average Bonchev–Trinajstić information content (AvgIpc) is 2.52. The van der Waals surface area contributed by atoms with Gasteiger partial charge in [-0.3, -0.25) is 4.68 Å². The molecule has 0 radical (unpaired) electrons. The van der Waals surface area contributed by atoms with Gasteiger partial charge in [0.2, 0.25) is 10.0 Å². The first-order chi connectivity index (χ1) is 8.29. The first-order valence-electron chi connectivity index (χ1n) is 6.05. The molecule has 0 aromatic carbocycles. The number of nitrogens with one attached hydrogen (secondary N) is 1. The summed E-state index contributed by atoms with van der Waals surface area (Å²) in [6, 6.07) is 0.0313. The second-order valence-corrected chi connectivity index (χ2v) is 6.18. The van der Waals surface area contributed by atoms with Crippen LogP contribution >= 0.6 is 0 Å². The highest BCUT2D eigenvalue weighted by Crippen LogP contribution is 2.18. The number of aryl methyl sites for hydroxylation is 2. The summed E-state index contributed by atoms with van der Waals surface area (Å²) in [6.45, 7) is 5.77. The second-order valence-electron chi connectivity index (χ2n) is 4.48. The molecule has 1 unspecified atom stereocenters. The van der Waals surface area contributed by atoms with Crippen molar-refractivity contribution in [3.63, 3.8) is 0 Å². The minimum atomic E-state index is -3.49. The fourth-order valence-electron chi connectivity index (χ4n) is 1.80. The lowest BCUT2D eigenvalue weighted by Gasteiger charge is -2.10. The van der Waals surface area contributed by atoms with E-state index in [1.165, 1.54) is 0 Å². The Kier molecular flexibility index (Phi) is 4.89. The summed E-state index contributed by atoms with van der Waals surface area (Å²) >= 11 is 0. The quantitative estimate of drug-likeness (QED) is 0.787. The molecule has 0 bridgehead atoms. The Morgan fingerprint density at radius 2 is 2.06 bits per heavy atom. The maximum Gasteiger partial charge on any atom is 0.244 e. The molecule has 18 heavy (non-hydrogen) atoms. The molecular weight excluding hydrogens is 252 g/mol. The van der Waals surface area contributed by atoms with Crippen LogP contribution in [0.15, 0.2) is 4.90 Å². The Morgan fingerprint density at radius 1 is 1.44 bits per heavy atom. The molecule has 0 aliphatic carbocycles. The van der Waals surface area contributed by atoms with Gasteiger partial charge in [-0.1, -0.05) is 6.92 Å². The van der Waals surface area contributed by atoms with E-state index >= 15 is 0 Å². The lowest BCUT2D eigenvalue weighted by Crippen LogP contribution is -2.30. The number of hydrogen-bond donors (Lipinski definition) is 2. The third kappa shape index (κ3) is 3.30. The molecule has 3 N–H and O–H groups in total. The van der Waals surface area contributed by atoms with Crippen LogP contribution < -0.4 is 10.5 Å². The highest BCUT2D eigenvalue weighted by atomic mass is 32.2. The summed E-state index contributed by atoms with van der Waals surface area (Å²) in [5.41, 5.74) is 6.91. The van der Waals surface area contributed by atoms with E-state index in [4.69, 9.17) is 5.73 Å². The van der Waals surface area contributed by atoms with E-state index in [-0.39, 0.29) is 10.9 Å². The predicted octanol–water partition coefficient (Wildman–Crippen LogP) is 0.443. The molecule has 0 amide bonds. The van der Waals surface area contributed by atoms with Gasteiger partial charge in [-0.15, -0.1) is 0 Å². The van der Waals surface area contributed by atoms with Gasteiger partial charge in [0.15, 0.2) is 0 Å². The van der Waals surface area contributed by atoms with Crippen molar-refractivity contribution in [3.05, 3.63) is 11.4 Å². The maximum absolute atomic E-state index is 12.2. The molecule has 1 aromatic heterocycles. The van der Waals surface area contributed by atoms with Crippen molar-refractivity contribution in [1.82, 2.24) is 14.5 Å². The summed E-state index contributed by atoms with van der Waals surface area (Å²) in [5, 5.41) is 4.11. The number of nitrogens with zero attached hydrogens (tertiary/aromatic N) is 2. The molecule has 104 valence electrons. The van der Waals surface area contributed by atoms with Crippen molar-refractivity contribution < 1.29 is 8.42 Å². The van der Waals surface area contributed by atoms with Crippen molar-refractivity contribution in [2.45, 2.75) is 44.6 Å². The van der Waals surface area contributed by atoms with E-state index in [0.717, 1.165) is 6.42 Å². The average molecular weight is 274 g/mol. The van der Waals surface area contributed by atoms with E-state index in [2.05, 4.69) is 9.82 Å². The van der Waals surface area contributed by atoms with Gasteiger partial charge in [-0.2, -0.15) is 5.10 Å². The Morgan fingerprint density at radius 3 is 2.50 bits per heavy atom. The highest BCUT2D eigenvalue weighted by molar-refractivity contribution is 7.89. The predicted molar refractivity (Wildman–Crippen MR) is 70.8 cm³/mol. The molecule has 1 atom stereocenters. The van der Waals surface area contributed by atoms with Crippen LogP contribution in [-0.4, -0.2) is 30.8 Å². The zero-order chi connectivity index (χ0) is 13.9. The monoisotopic (exact) mass is 274 g/mol. The molecule has 0 aliphatic heterocycles. The standard InChI is InChI=1S/C11H22N4O2S/c1-5-10(12)6-7-13-18(16,17)11-8(2)14-15(4)9(11)3/h10,13H,5-7,12H2,1-4H3. The minimum absolute atomic E-state index is 0.0313. The summed E-state index contributed by atoms with van der Waals surface area (Å²) < 4.78 is 28.4. The molecule has 1 aromatic rings. The number of hydrogen-bond acceptors (Lipinski definition) is 4. The van der Waals surface area contributed by atoms with Crippen molar-refractivity contribution >= 4 is 10.0 Å². The zero-order valence-electron chi connectivity index (χ0n) is 11.4. The van der Waals surface area contributed by atoms with Crippen LogP contribution in [0.3, 0.4) is 0 Å². The molecule has 0 spiro atoms. The smallest absolute Gasteiger partial charge is 0.244 e. The van der Waals surface area contributed by atoms with Crippen molar-refractivity contribution in [1.29, 1.82) is 0 Å². The van der Waals surface area contributed by atoms with Gasteiger partial charge in [-0.05, 0) is 26.7 Å². The number of aromatic nitrogens is 2. The Hall–Kier alpha value is -0.920. The summed E-state index contributed by atoms with van der Waals surface area (Å²) in [7, 11) is -1.76. The first-order valence-corrected chi connectivity index (χ1v) is 7.53. The molecule has 6 nitrogen and oxygen atoms in total. The fourth-order valence-corrected chi connectivity index (χ4v) is 3.28. The molecule has 0 aliphatic rings. The summed E-state index contributed by atoms with van der Waals surface area (Å²) in [6.07, 6.45) is 1.47. The number of nitrogens with two attached hydrogens (primary N) is 1. The Bertz CT molecular complexity index is 507. The highest BCUT2D eigenvalue weighted by Gasteiger charge is 2.23. The van der Waals surface area contributed by atoms with Gasteiger partial charge >= 0.3 is 0 Å². The second kappa shape index (κ2) is 5.81. The van der Waals surface area contributed by atoms with Gasteiger partial charge < -0.3 is 5.73 Å². The van der Waals surface area contributed by atoms with Crippen LogP contribution in [0.5, 0.6) is 0 Å². The van der Waals surface area contributed by atoms with Crippen LogP contribution in [-0.2, 0) is 17.1 Å². The van der Waals surface area contributed by atoms with E-state index in [1.807, 2.05) is 6.92 Å². The Labute approximate surface area is 109 Å². The third-order valence-corrected chi connectivity index (χ3v) is 4.76. The van der Waals surface area contributed by atoms with Crippen molar-refractivity contribution in [2.24, 2.45) is 12.8 Å². The third-order valence-electron chi connectivity index (χ3n) is 3.04. The summed E-state index contributed by atoms with van der Waals surface area (Å²) in [4.78, 5) is 0.273. The molecular formula is C11H22N4O2S. The normalized spacial score (nSPS) is 13.8. The van der Waals surface area contributed by atoms with Crippen LogP contribution in [0.1, 0.15) is 31.2 Å². The zero-order valence-corrected chi connectivity index (χ0v) is 12.2. The lowest BCUT2D eigenvalue weighted by atomic mass is 10.2. The number of rotatable bonds is 6. The summed E-state index contributed by atoms with van der Waals surface area (Å²) in [5.74, 6) is 0. The van der Waals surface area contributed by atoms with Crippen LogP contribution in [0.2, 0.25) is 0 Å². The van der Waals surface area contributed by atoms with Crippen LogP contribution in [0.4, 0.5) is 0 Å². The van der Waals surface area contributed by atoms with E-state index in [1.54, 1.807) is 25.6 Å². The topological polar surface area (TPSA) is 90.0 Å². The molecule has 0 fully saturated rings. The van der Waals surface area contributed by atoms with E-state index in [9.17, 15) is 8.42 Å². The van der Waals surface area contributed by atoms with Crippen LogP contribution in [0, 0.1) is 13.8 Å². The van der Waals surface area contributed by atoms with Crippen molar-refractivity contribution in [3.8, 4) is 0 Å². The largest absolute Gasteiger partial charge is 0.328 e. The maximum atomic E-state index is 12.2. The van der Waals surface area contributed by atoms with Gasteiger partial charge in [0.05, 0.1) is 11.4 Å². The number of sulfonamides is 1. The SMILES string of the molecule is CCC(N)CCNS(=O)(=O)c1c(C)nn(C)c1C. The fraction of sp³-hybridized carbons (Fsp3) is 0.727. The lowest BCUT2D eigenvalue weighted by molar-refractivity contribution is 0.557. The molecule has 7 heteroatoms. The van der Waals surface area contributed by atoms with Gasteiger partial charge in [-0.25, -0.2) is 13.1 Å². The van der Waals surface area contributed by atoms with Gasteiger partial charge in [0.25, 0.3) is 0 Å². The molecule has 0 saturated carbocycles.